The molecule has 1 amide bonds. The maximum atomic E-state index is 13.3. The minimum Gasteiger partial charge on any atom is -0.392 e. The van der Waals surface area contributed by atoms with Crippen LogP contribution in [0.3, 0.4) is 0 Å². The van der Waals surface area contributed by atoms with E-state index in [1.54, 1.807) is 14.0 Å². The van der Waals surface area contributed by atoms with Crippen molar-refractivity contribution >= 4 is 5.91 Å². The molecule has 1 aromatic rings. The first-order chi connectivity index (χ1) is 10.4. The highest BCUT2D eigenvalue weighted by Gasteiger charge is 2.24. The topological polar surface area (TPSA) is 43.8 Å². The number of hydrogen-bond acceptors (Lipinski definition) is 3. The summed E-state index contributed by atoms with van der Waals surface area (Å²) in [7, 11) is 1.65. The average molecular weight is 312 g/mol. The molecular formula is C16H22F2N2O2. The standard InChI is InChI=1S/C16H22F2N2O2/c1-11(12-5-6-14(17)15(18)8-12)19(2)16(22)10-20-7-3-4-13(21)9-20/h5-6,8,11,13,21H,3-4,7,9-10H2,1-2H3. The van der Waals surface area contributed by atoms with Gasteiger partial charge in [0.1, 0.15) is 0 Å². The highest BCUT2D eigenvalue weighted by Crippen LogP contribution is 2.21. The summed E-state index contributed by atoms with van der Waals surface area (Å²) in [6, 6.07) is 3.32. The fourth-order valence-electron chi connectivity index (χ4n) is 2.69. The number of carbonyl (C=O) groups is 1. The average Bonchev–Trinajstić information content (AvgIpc) is 2.48. The van der Waals surface area contributed by atoms with E-state index in [1.165, 1.54) is 11.0 Å². The summed E-state index contributed by atoms with van der Waals surface area (Å²) < 4.78 is 26.3. The van der Waals surface area contributed by atoms with Gasteiger partial charge < -0.3 is 10.0 Å². The van der Waals surface area contributed by atoms with Gasteiger partial charge in [0.15, 0.2) is 11.6 Å². The van der Waals surface area contributed by atoms with E-state index in [-0.39, 0.29) is 24.6 Å². The van der Waals surface area contributed by atoms with E-state index in [1.807, 2.05) is 4.90 Å². The van der Waals surface area contributed by atoms with Gasteiger partial charge in [-0.05, 0) is 44.0 Å². The van der Waals surface area contributed by atoms with Crippen molar-refractivity contribution < 1.29 is 18.7 Å². The smallest absolute Gasteiger partial charge is 0.236 e. The second kappa shape index (κ2) is 7.15. The maximum Gasteiger partial charge on any atom is 0.236 e. The quantitative estimate of drug-likeness (QED) is 0.924. The first-order valence-electron chi connectivity index (χ1n) is 7.49. The summed E-state index contributed by atoms with van der Waals surface area (Å²) in [4.78, 5) is 15.8. The minimum atomic E-state index is -0.913. The molecule has 6 heteroatoms. The number of rotatable bonds is 4. The second-order valence-electron chi connectivity index (χ2n) is 5.89. The molecule has 122 valence electrons. The highest BCUT2D eigenvalue weighted by atomic mass is 19.2. The molecule has 1 N–H and O–H groups in total. The Bertz CT molecular complexity index is 539. The summed E-state index contributed by atoms with van der Waals surface area (Å²) in [5.41, 5.74) is 0.549. The van der Waals surface area contributed by atoms with E-state index in [2.05, 4.69) is 0 Å². The van der Waals surface area contributed by atoms with Crippen LogP contribution in [0.4, 0.5) is 8.78 Å². The van der Waals surface area contributed by atoms with E-state index in [4.69, 9.17) is 0 Å². The fraction of sp³-hybridized carbons (Fsp3) is 0.562. The van der Waals surface area contributed by atoms with E-state index in [9.17, 15) is 18.7 Å². The molecule has 1 saturated heterocycles. The Morgan fingerprint density at radius 1 is 1.45 bits per heavy atom. The SMILES string of the molecule is CC(c1ccc(F)c(F)c1)N(C)C(=O)CN1CCCC(O)C1. The van der Waals surface area contributed by atoms with Crippen LogP contribution in [0, 0.1) is 11.6 Å². The second-order valence-corrected chi connectivity index (χ2v) is 5.89. The van der Waals surface area contributed by atoms with Crippen LogP contribution in [0.1, 0.15) is 31.4 Å². The lowest BCUT2D eigenvalue weighted by Crippen LogP contribution is -2.45. The molecule has 2 rings (SSSR count). The van der Waals surface area contributed by atoms with Gasteiger partial charge in [-0.1, -0.05) is 6.07 Å². The Labute approximate surface area is 129 Å². The zero-order valence-corrected chi connectivity index (χ0v) is 12.9. The van der Waals surface area contributed by atoms with Crippen molar-refractivity contribution in [3.05, 3.63) is 35.4 Å². The molecule has 0 saturated carbocycles. The van der Waals surface area contributed by atoms with Gasteiger partial charge in [-0.2, -0.15) is 0 Å². The number of piperidine rings is 1. The van der Waals surface area contributed by atoms with Crippen molar-refractivity contribution in [2.24, 2.45) is 0 Å². The van der Waals surface area contributed by atoms with Crippen LogP contribution < -0.4 is 0 Å². The van der Waals surface area contributed by atoms with Gasteiger partial charge in [-0.15, -0.1) is 0 Å². The van der Waals surface area contributed by atoms with Gasteiger partial charge in [0.25, 0.3) is 0 Å². The number of aliphatic hydroxyl groups excluding tert-OH is 1. The van der Waals surface area contributed by atoms with Crippen molar-refractivity contribution in [2.45, 2.75) is 31.9 Å². The van der Waals surface area contributed by atoms with Gasteiger partial charge in [0.2, 0.25) is 5.91 Å². The number of hydrogen-bond donors (Lipinski definition) is 1. The Morgan fingerprint density at radius 3 is 2.82 bits per heavy atom. The lowest BCUT2D eigenvalue weighted by molar-refractivity contribution is -0.133. The summed E-state index contributed by atoms with van der Waals surface area (Å²) in [5.74, 6) is -1.91. The first kappa shape index (κ1) is 16.8. The van der Waals surface area contributed by atoms with E-state index in [0.717, 1.165) is 31.5 Å². The van der Waals surface area contributed by atoms with Crippen LogP contribution in [0.25, 0.3) is 0 Å². The molecule has 4 nitrogen and oxygen atoms in total. The van der Waals surface area contributed by atoms with Crippen molar-refractivity contribution in [2.75, 3.05) is 26.7 Å². The van der Waals surface area contributed by atoms with Crippen LogP contribution in [0.2, 0.25) is 0 Å². The summed E-state index contributed by atoms with van der Waals surface area (Å²) in [6.45, 7) is 3.28. The molecule has 1 heterocycles. The van der Waals surface area contributed by atoms with Crippen LogP contribution in [0.15, 0.2) is 18.2 Å². The van der Waals surface area contributed by atoms with Crippen LogP contribution in [-0.4, -0.2) is 53.6 Å². The van der Waals surface area contributed by atoms with Crippen molar-refractivity contribution in [1.29, 1.82) is 0 Å². The molecule has 0 aromatic heterocycles. The highest BCUT2D eigenvalue weighted by molar-refractivity contribution is 5.78. The maximum absolute atomic E-state index is 13.3. The van der Waals surface area contributed by atoms with Gasteiger partial charge in [-0.25, -0.2) is 8.78 Å². The molecule has 1 aliphatic heterocycles. The molecular weight excluding hydrogens is 290 g/mol. The van der Waals surface area contributed by atoms with E-state index in [0.29, 0.717) is 12.1 Å². The zero-order chi connectivity index (χ0) is 16.3. The molecule has 1 aromatic carbocycles. The number of amides is 1. The van der Waals surface area contributed by atoms with E-state index >= 15 is 0 Å². The van der Waals surface area contributed by atoms with Crippen molar-refractivity contribution in [3.63, 3.8) is 0 Å². The molecule has 22 heavy (non-hydrogen) atoms. The molecule has 0 aliphatic carbocycles. The Morgan fingerprint density at radius 2 is 2.18 bits per heavy atom. The molecule has 2 atom stereocenters. The Hall–Kier alpha value is -1.53. The number of β-amino-alcohol motifs (C(OH)–C–C–N with tert-alkyl or cyclic N) is 1. The predicted octanol–water partition coefficient (Wildman–Crippen LogP) is 1.94. The number of carbonyl (C=O) groups excluding carboxylic acids is 1. The zero-order valence-electron chi connectivity index (χ0n) is 12.9. The minimum absolute atomic E-state index is 0.105. The molecule has 0 bridgehead atoms. The summed E-state index contributed by atoms with van der Waals surface area (Å²) >= 11 is 0. The number of nitrogens with zero attached hydrogens (tertiary/aromatic N) is 2. The van der Waals surface area contributed by atoms with Crippen LogP contribution in [-0.2, 0) is 4.79 Å². The molecule has 0 spiro atoms. The molecule has 2 unspecified atom stereocenters. The third kappa shape index (κ3) is 4.01. The monoisotopic (exact) mass is 312 g/mol. The van der Waals surface area contributed by atoms with Crippen LogP contribution in [0.5, 0.6) is 0 Å². The Kier molecular flexibility index (Phi) is 5.47. The normalized spacial score (nSPS) is 20.7. The van der Waals surface area contributed by atoms with Gasteiger partial charge in [0.05, 0.1) is 18.7 Å². The Balaban J connectivity index is 1.98. The number of likely N-dealkylation sites (tertiary alicyclic amines) is 1. The number of aliphatic hydroxyl groups is 1. The van der Waals surface area contributed by atoms with Gasteiger partial charge in [-0.3, -0.25) is 9.69 Å². The van der Waals surface area contributed by atoms with Crippen molar-refractivity contribution in [3.8, 4) is 0 Å². The fourth-order valence-corrected chi connectivity index (χ4v) is 2.69. The van der Waals surface area contributed by atoms with Crippen LogP contribution >= 0.6 is 0 Å². The van der Waals surface area contributed by atoms with Crippen molar-refractivity contribution in [1.82, 2.24) is 9.80 Å². The molecule has 1 aliphatic rings. The summed E-state index contributed by atoms with van der Waals surface area (Å²) in [6.07, 6.45) is 1.26. The predicted molar refractivity (Wildman–Crippen MR) is 79.2 cm³/mol. The third-order valence-corrected chi connectivity index (χ3v) is 4.24. The third-order valence-electron chi connectivity index (χ3n) is 4.24. The van der Waals surface area contributed by atoms with Gasteiger partial charge in [0, 0.05) is 13.6 Å². The first-order valence-corrected chi connectivity index (χ1v) is 7.49. The molecule has 0 radical (unpaired) electrons. The van der Waals surface area contributed by atoms with Gasteiger partial charge >= 0.3 is 0 Å². The number of benzene rings is 1. The lowest BCUT2D eigenvalue weighted by atomic mass is 10.1. The van der Waals surface area contributed by atoms with E-state index < -0.39 is 11.6 Å². The largest absolute Gasteiger partial charge is 0.392 e. The summed E-state index contributed by atoms with van der Waals surface area (Å²) in [5, 5.41) is 9.63. The number of likely N-dealkylation sites (N-methyl/N-ethyl adjacent to an activating group) is 1. The number of halogens is 2. The molecule has 1 fully saturated rings. The lowest BCUT2D eigenvalue weighted by Gasteiger charge is -2.32.